The summed E-state index contributed by atoms with van der Waals surface area (Å²) in [6.07, 6.45) is 0.747. The SMILES string of the molecule is CN(C(=O)N1CCOCC1CC(=O)O)C1CCOC1. The van der Waals surface area contributed by atoms with Gasteiger partial charge in [0, 0.05) is 20.2 Å². The summed E-state index contributed by atoms with van der Waals surface area (Å²) in [5.74, 6) is -0.917. The van der Waals surface area contributed by atoms with Gasteiger partial charge in [0.25, 0.3) is 0 Å². The van der Waals surface area contributed by atoms with Crippen LogP contribution >= 0.6 is 0 Å². The lowest BCUT2D eigenvalue weighted by molar-refractivity contribution is -0.139. The minimum atomic E-state index is -0.917. The molecular formula is C12H20N2O5. The van der Waals surface area contributed by atoms with Crippen molar-refractivity contribution >= 4 is 12.0 Å². The Kier molecular flexibility index (Phi) is 4.60. The van der Waals surface area contributed by atoms with Crippen molar-refractivity contribution < 1.29 is 24.2 Å². The molecule has 2 fully saturated rings. The Morgan fingerprint density at radius 1 is 1.32 bits per heavy atom. The number of hydrogen-bond donors (Lipinski definition) is 1. The van der Waals surface area contributed by atoms with Crippen LogP contribution in [-0.2, 0) is 14.3 Å². The molecule has 0 aliphatic carbocycles. The molecule has 2 saturated heterocycles. The summed E-state index contributed by atoms with van der Waals surface area (Å²) in [7, 11) is 1.75. The summed E-state index contributed by atoms with van der Waals surface area (Å²) < 4.78 is 10.5. The highest BCUT2D eigenvalue weighted by Crippen LogP contribution is 2.17. The monoisotopic (exact) mass is 272 g/mol. The van der Waals surface area contributed by atoms with E-state index in [1.54, 1.807) is 16.8 Å². The van der Waals surface area contributed by atoms with Crippen LogP contribution in [0.4, 0.5) is 4.79 Å². The molecule has 1 N–H and O–H groups in total. The second-order valence-corrected chi connectivity index (χ2v) is 4.93. The Bertz CT molecular complexity index is 343. The van der Waals surface area contributed by atoms with Crippen molar-refractivity contribution in [1.82, 2.24) is 9.80 Å². The molecule has 2 heterocycles. The molecule has 7 nitrogen and oxygen atoms in total. The van der Waals surface area contributed by atoms with Crippen molar-refractivity contribution in [1.29, 1.82) is 0 Å². The van der Waals surface area contributed by atoms with Crippen LogP contribution < -0.4 is 0 Å². The fourth-order valence-corrected chi connectivity index (χ4v) is 2.46. The lowest BCUT2D eigenvalue weighted by Gasteiger charge is -2.38. The zero-order valence-corrected chi connectivity index (χ0v) is 11.1. The third kappa shape index (κ3) is 3.36. The first-order valence-electron chi connectivity index (χ1n) is 6.50. The van der Waals surface area contributed by atoms with Gasteiger partial charge in [0.2, 0.25) is 0 Å². The number of aliphatic carboxylic acids is 1. The van der Waals surface area contributed by atoms with Crippen molar-refractivity contribution in [2.45, 2.75) is 24.9 Å². The van der Waals surface area contributed by atoms with Crippen LogP contribution in [-0.4, -0.2) is 79.0 Å². The van der Waals surface area contributed by atoms with Crippen LogP contribution in [0.15, 0.2) is 0 Å². The van der Waals surface area contributed by atoms with Crippen LogP contribution in [0, 0.1) is 0 Å². The first kappa shape index (κ1) is 14.1. The first-order chi connectivity index (χ1) is 9.09. The molecule has 0 radical (unpaired) electrons. The van der Waals surface area contributed by atoms with E-state index in [-0.39, 0.29) is 31.1 Å². The molecule has 19 heavy (non-hydrogen) atoms. The second-order valence-electron chi connectivity index (χ2n) is 4.93. The van der Waals surface area contributed by atoms with Gasteiger partial charge in [-0.05, 0) is 6.42 Å². The van der Waals surface area contributed by atoms with E-state index in [9.17, 15) is 9.59 Å². The van der Waals surface area contributed by atoms with Crippen molar-refractivity contribution in [2.75, 3.05) is 40.0 Å². The number of urea groups is 1. The molecule has 0 saturated carbocycles. The van der Waals surface area contributed by atoms with Gasteiger partial charge in [-0.2, -0.15) is 0 Å². The smallest absolute Gasteiger partial charge is 0.320 e. The molecule has 0 spiro atoms. The lowest BCUT2D eigenvalue weighted by Crippen LogP contribution is -2.55. The zero-order chi connectivity index (χ0) is 13.8. The summed E-state index contributed by atoms with van der Waals surface area (Å²) in [5, 5.41) is 8.89. The highest BCUT2D eigenvalue weighted by atomic mass is 16.5. The molecule has 0 aromatic rings. The van der Waals surface area contributed by atoms with Crippen LogP contribution in [0.25, 0.3) is 0 Å². The average Bonchev–Trinajstić information content (AvgIpc) is 2.91. The Labute approximate surface area is 112 Å². The first-order valence-corrected chi connectivity index (χ1v) is 6.50. The fraction of sp³-hybridized carbons (Fsp3) is 0.833. The Morgan fingerprint density at radius 3 is 2.68 bits per heavy atom. The van der Waals surface area contributed by atoms with E-state index >= 15 is 0 Å². The van der Waals surface area contributed by atoms with Gasteiger partial charge in [-0.25, -0.2) is 4.79 Å². The number of hydrogen-bond acceptors (Lipinski definition) is 4. The fourth-order valence-electron chi connectivity index (χ4n) is 2.46. The minimum Gasteiger partial charge on any atom is -0.481 e. The highest BCUT2D eigenvalue weighted by molar-refractivity contribution is 5.76. The molecule has 2 aliphatic rings. The van der Waals surface area contributed by atoms with Gasteiger partial charge in [0.1, 0.15) is 0 Å². The van der Waals surface area contributed by atoms with Gasteiger partial charge in [-0.15, -0.1) is 0 Å². The molecule has 2 rings (SSSR count). The summed E-state index contributed by atoms with van der Waals surface area (Å²) in [4.78, 5) is 26.5. The Morgan fingerprint density at radius 2 is 2.05 bits per heavy atom. The molecule has 0 aromatic heterocycles. The molecular weight excluding hydrogens is 252 g/mol. The maximum atomic E-state index is 12.4. The maximum Gasteiger partial charge on any atom is 0.320 e. The van der Waals surface area contributed by atoms with E-state index in [1.165, 1.54) is 0 Å². The molecule has 7 heteroatoms. The minimum absolute atomic E-state index is 0.0826. The van der Waals surface area contributed by atoms with Crippen LogP contribution in [0.1, 0.15) is 12.8 Å². The van der Waals surface area contributed by atoms with Crippen LogP contribution in [0.3, 0.4) is 0 Å². The number of carboxylic acids is 1. The number of likely N-dealkylation sites (N-methyl/N-ethyl adjacent to an activating group) is 1. The van der Waals surface area contributed by atoms with E-state index in [0.717, 1.165) is 6.42 Å². The molecule has 2 atom stereocenters. The number of ether oxygens (including phenoxy) is 2. The number of morpholine rings is 1. The predicted octanol–water partition coefficient (Wildman–Crippen LogP) is 0.00260. The lowest BCUT2D eigenvalue weighted by atomic mass is 10.1. The standard InChI is InChI=1S/C12H20N2O5/c1-13(9-2-4-18-7-9)12(17)14-3-5-19-8-10(14)6-11(15)16/h9-10H,2-8H2,1H3,(H,15,16). The molecule has 108 valence electrons. The maximum absolute atomic E-state index is 12.4. The Hall–Kier alpha value is -1.34. The number of carboxylic acid groups (broad SMARTS) is 1. The largest absolute Gasteiger partial charge is 0.481 e. The molecule has 2 unspecified atom stereocenters. The van der Waals surface area contributed by atoms with Gasteiger partial charge >= 0.3 is 12.0 Å². The summed E-state index contributed by atoms with van der Waals surface area (Å²) >= 11 is 0. The van der Waals surface area contributed by atoms with E-state index in [0.29, 0.717) is 26.4 Å². The van der Waals surface area contributed by atoms with E-state index < -0.39 is 5.97 Å². The Balaban J connectivity index is 1.99. The molecule has 2 aliphatic heterocycles. The van der Waals surface area contributed by atoms with Gasteiger partial charge < -0.3 is 24.4 Å². The van der Waals surface area contributed by atoms with Crippen molar-refractivity contribution in [3.8, 4) is 0 Å². The highest BCUT2D eigenvalue weighted by Gasteiger charge is 2.34. The van der Waals surface area contributed by atoms with Crippen molar-refractivity contribution in [2.24, 2.45) is 0 Å². The number of rotatable bonds is 3. The zero-order valence-electron chi connectivity index (χ0n) is 11.1. The predicted molar refractivity (Wildman–Crippen MR) is 65.9 cm³/mol. The number of amides is 2. The molecule has 0 aromatic carbocycles. The van der Waals surface area contributed by atoms with Gasteiger partial charge in [0.15, 0.2) is 0 Å². The third-order valence-electron chi connectivity index (χ3n) is 3.64. The van der Waals surface area contributed by atoms with Crippen LogP contribution in [0.2, 0.25) is 0 Å². The summed E-state index contributed by atoms with van der Waals surface area (Å²) in [6.45, 7) is 2.40. The van der Waals surface area contributed by atoms with Gasteiger partial charge in [-0.1, -0.05) is 0 Å². The van der Waals surface area contributed by atoms with E-state index in [2.05, 4.69) is 0 Å². The molecule has 2 amide bonds. The third-order valence-corrected chi connectivity index (χ3v) is 3.64. The number of carbonyl (C=O) groups is 2. The van der Waals surface area contributed by atoms with Gasteiger partial charge in [0.05, 0.1) is 38.3 Å². The molecule has 0 bridgehead atoms. The topological polar surface area (TPSA) is 79.3 Å². The normalized spacial score (nSPS) is 27.3. The summed E-state index contributed by atoms with van der Waals surface area (Å²) in [6, 6.07) is -0.436. The number of carbonyl (C=O) groups excluding carboxylic acids is 1. The van der Waals surface area contributed by atoms with Crippen molar-refractivity contribution in [3.05, 3.63) is 0 Å². The summed E-state index contributed by atoms with van der Waals surface area (Å²) in [5.41, 5.74) is 0. The van der Waals surface area contributed by atoms with E-state index in [1.807, 2.05) is 0 Å². The second kappa shape index (κ2) is 6.21. The average molecular weight is 272 g/mol. The van der Waals surface area contributed by atoms with Crippen LogP contribution in [0.5, 0.6) is 0 Å². The quantitative estimate of drug-likeness (QED) is 0.782. The number of nitrogens with zero attached hydrogens (tertiary/aromatic N) is 2. The van der Waals surface area contributed by atoms with E-state index in [4.69, 9.17) is 14.6 Å². The van der Waals surface area contributed by atoms with Crippen molar-refractivity contribution in [3.63, 3.8) is 0 Å². The van der Waals surface area contributed by atoms with Gasteiger partial charge in [-0.3, -0.25) is 4.79 Å².